The molecular weight excluding hydrogens is 626 g/mol. The number of carbonyl (C=O) groups excluding carboxylic acids is 1. The third-order valence-electron chi connectivity index (χ3n) is 6.91. The molecule has 15 heteroatoms. The zero-order valence-corrected chi connectivity index (χ0v) is 25.9. The van der Waals surface area contributed by atoms with Gasteiger partial charge in [0.05, 0.1) is 34.7 Å². The monoisotopic (exact) mass is 655 g/mol. The molecule has 5 rings (SSSR count). The van der Waals surface area contributed by atoms with E-state index in [4.69, 9.17) is 4.74 Å². The number of likely N-dealkylation sites (N-methyl/N-ethyl adjacent to an activating group) is 1. The summed E-state index contributed by atoms with van der Waals surface area (Å²) < 4.78 is 32.2. The van der Waals surface area contributed by atoms with E-state index in [-0.39, 0.29) is 11.9 Å². The molecule has 3 heterocycles. The van der Waals surface area contributed by atoms with E-state index in [1.165, 1.54) is 13.2 Å². The molecule has 1 amide bonds. The van der Waals surface area contributed by atoms with Gasteiger partial charge in [0.25, 0.3) is 5.91 Å². The molecule has 0 spiro atoms. The number of amides is 1. The minimum atomic E-state index is -3.63. The van der Waals surface area contributed by atoms with Crippen molar-refractivity contribution in [2.24, 2.45) is 0 Å². The van der Waals surface area contributed by atoms with Gasteiger partial charge in [-0.15, -0.1) is 0 Å². The number of ether oxygens (including phenoxy) is 1. The standard InChI is InChI=1S/C27H30BrN9O4S/c1-35-11-13-37(14-12-35)26(38)17-5-8-22(41-3)21(15-17)33-27-31-16-18(28)25(34-27)32-20-7-6-19-23(30-10-9-29-19)24(20)36(2)42(4,39)40/h5-10,15-16H,11-14H2,1-4H3,(H2,31,32,33,34). The molecule has 2 N–H and O–H groups in total. The van der Waals surface area contributed by atoms with E-state index < -0.39 is 10.0 Å². The first-order chi connectivity index (χ1) is 20.0. The second kappa shape index (κ2) is 12.0. The molecule has 1 fully saturated rings. The van der Waals surface area contributed by atoms with E-state index in [0.717, 1.165) is 23.7 Å². The van der Waals surface area contributed by atoms with Gasteiger partial charge in [0.2, 0.25) is 16.0 Å². The van der Waals surface area contributed by atoms with Crippen molar-refractivity contribution in [3.8, 4) is 5.75 Å². The van der Waals surface area contributed by atoms with Crippen LogP contribution in [0.15, 0.2) is 53.4 Å². The summed E-state index contributed by atoms with van der Waals surface area (Å²) >= 11 is 3.48. The lowest BCUT2D eigenvalue weighted by atomic mass is 10.1. The third kappa shape index (κ3) is 6.22. The van der Waals surface area contributed by atoms with Gasteiger partial charge in [-0.25, -0.2) is 13.4 Å². The summed E-state index contributed by atoms with van der Waals surface area (Å²) in [7, 11) is 1.40. The first-order valence-corrected chi connectivity index (χ1v) is 15.6. The second-order valence-electron chi connectivity index (χ2n) is 9.77. The van der Waals surface area contributed by atoms with Crippen LogP contribution in [-0.2, 0) is 10.0 Å². The molecule has 0 unspecified atom stereocenters. The number of aromatic nitrogens is 4. The van der Waals surface area contributed by atoms with Gasteiger partial charge in [-0.05, 0) is 53.3 Å². The van der Waals surface area contributed by atoms with Crippen molar-refractivity contribution in [2.45, 2.75) is 0 Å². The Kier molecular flexibility index (Phi) is 8.43. The van der Waals surface area contributed by atoms with Gasteiger partial charge < -0.3 is 25.2 Å². The van der Waals surface area contributed by atoms with Crippen molar-refractivity contribution in [1.82, 2.24) is 29.7 Å². The number of anilines is 5. The normalized spacial score (nSPS) is 14.1. The lowest BCUT2D eigenvalue weighted by Crippen LogP contribution is -2.47. The average Bonchev–Trinajstić information content (AvgIpc) is 2.98. The first-order valence-electron chi connectivity index (χ1n) is 12.9. The van der Waals surface area contributed by atoms with Crippen LogP contribution in [0, 0.1) is 0 Å². The highest BCUT2D eigenvalue weighted by Gasteiger charge is 2.23. The highest BCUT2D eigenvalue weighted by atomic mass is 79.9. The lowest BCUT2D eigenvalue weighted by Gasteiger charge is -2.32. The maximum absolute atomic E-state index is 13.2. The summed E-state index contributed by atoms with van der Waals surface area (Å²) in [4.78, 5) is 34.9. The smallest absolute Gasteiger partial charge is 0.254 e. The topological polar surface area (TPSA) is 146 Å². The fourth-order valence-corrected chi connectivity index (χ4v) is 5.31. The SMILES string of the molecule is COc1ccc(C(=O)N2CCN(C)CC2)cc1Nc1ncc(Br)c(Nc2ccc3nccnc3c2N(C)S(C)(=O)=O)n1. The maximum Gasteiger partial charge on any atom is 0.254 e. The average molecular weight is 657 g/mol. The van der Waals surface area contributed by atoms with Crippen LogP contribution in [0.1, 0.15) is 10.4 Å². The van der Waals surface area contributed by atoms with Gasteiger partial charge in [0.15, 0.2) is 0 Å². The summed E-state index contributed by atoms with van der Waals surface area (Å²) in [5, 5.41) is 6.37. The Balaban J connectivity index is 1.46. The number of benzene rings is 2. The van der Waals surface area contributed by atoms with Gasteiger partial charge >= 0.3 is 0 Å². The Labute approximate surface area is 252 Å². The van der Waals surface area contributed by atoms with Gasteiger partial charge in [-0.3, -0.25) is 19.1 Å². The summed E-state index contributed by atoms with van der Waals surface area (Å²) in [6.45, 7) is 2.96. The number of halogens is 1. The second-order valence-corrected chi connectivity index (χ2v) is 12.6. The van der Waals surface area contributed by atoms with E-state index in [9.17, 15) is 13.2 Å². The highest BCUT2D eigenvalue weighted by Crippen LogP contribution is 2.37. The molecule has 0 atom stereocenters. The van der Waals surface area contributed by atoms with E-state index in [0.29, 0.717) is 62.8 Å². The molecular formula is C27H30BrN9O4S. The quantitative estimate of drug-likeness (QED) is 0.288. The molecule has 2 aromatic carbocycles. The largest absolute Gasteiger partial charge is 0.495 e. The maximum atomic E-state index is 13.2. The number of hydrogen-bond acceptors (Lipinski definition) is 11. The number of sulfonamides is 1. The van der Waals surface area contributed by atoms with E-state index in [1.807, 2.05) is 11.9 Å². The summed E-state index contributed by atoms with van der Waals surface area (Å²) in [6, 6.07) is 8.65. The predicted molar refractivity (Wildman–Crippen MR) is 165 cm³/mol. The Morgan fingerprint density at radius 1 is 1.02 bits per heavy atom. The molecule has 0 bridgehead atoms. The van der Waals surface area contributed by atoms with E-state index in [1.54, 1.807) is 49.8 Å². The minimum absolute atomic E-state index is 0.0604. The van der Waals surface area contributed by atoms with Crippen LogP contribution in [0.3, 0.4) is 0 Å². The molecule has 13 nitrogen and oxygen atoms in total. The van der Waals surface area contributed by atoms with Gasteiger partial charge in [-0.1, -0.05) is 0 Å². The summed E-state index contributed by atoms with van der Waals surface area (Å²) in [5.74, 6) is 1.04. The highest BCUT2D eigenvalue weighted by molar-refractivity contribution is 9.10. The molecule has 42 heavy (non-hydrogen) atoms. The number of carbonyl (C=O) groups is 1. The number of nitrogens with zero attached hydrogens (tertiary/aromatic N) is 7. The number of rotatable bonds is 8. The van der Waals surface area contributed by atoms with Crippen LogP contribution in [0.4, 0.5) is 28.8 Å². The molecule has 2 aromatic heterocycles. The van der Waals surface area contributed by atoms with Crippen molar-refractivity contribution in [1.29, 1.82) is 0 Å². The molecule has 0 aliphatic carbocycles. The van der Waals surface area contributed by atoms with Crippen molar-refractivity contribution < 1.29 is 17.9 Å². The fraction of sp³-hybridized carbons (Fsp3) is 0.296. The predicted octanol–water partition coefficient (Wildman–Crippen LogP) is 3.46. The van der Waals surface area contributed by atoms with Gasteiger partial charge in [0.1, 0.15) is 22.8 Å². The van der Waals surface area contributed by atoms with Gasteiger partial charge in [0, 0.05) is 57.4 Å². The van der Waals surface area contributed by atoms with Crippen molar-refractivity contribution in [3.63, 3.8) is 0 Å². The molecule has 4 aromatic rings. The summed E-state index contributed by atoms with van der Waals surface area (Å²) in [6.07, 6.45) is 5.72. The molecule has 0 saturated carbocycles. The van der Waals surface area contributed by atoms with Crippen LogP contribution in [0.2, 0.25) is 0 Å². The van der Waals surface area contributed by atoms with Crippen LogP contribution >= 0.6 is 15.9 Å². The molecule has 1 saturated heterocycles. The third-order valence-corrected chi connectivity index (χ3v) is 8.66. The zero-order chi connectivity index (χ0) is 30.0. The number of nitrogens with one attached hydrogen (secondary N) is 2. The fourth-order valence-electron chi connectivity index (χ4n) is 4.50. The first kappa shape index (κ1) is 29.4. The van der Waals surface area contributed by atoms with E-state index in [2.05, 4.69) is 51.4 Å². The summed E-state index contributed by atoms with van der Waals surface area (Å²) in [5.41, 5.74) is 2.74. The lowest BCUT2D eigenvalue weighted by molar-refractivity contribution is 0.0664. The number of piperazine rings is 1. The van der Waals surface area contributed by atoms with Crippen molar-refractivity contribution in [2.75, 3.05) is 68.6 Å². The Morgan fingerprint density at radius 3 is 2.48 bits per heavy atom. The van der Waals surface area contributed by atoms with Crippen LogP contribution < -0.4 is 19.7 Å². The number of methoxy groups -OCH3 is 1. The van der Waals surface area contributed by atoms with Crippen LogP contribution in [0.5, 0.6) is 5.75 Å². The van der Waals surface area contributed by atoms with Crippen LogP contribution in [-0.4, -0.2) is 97.7 Å². The Hall–Kier alpha value is -4.08. The Morgan fingerprint density at radius 2 is 1.76 bits per heavy atom. The zero-order valence-electron chi connectivity index (χ0n) is 23.5. The van der Waals surface area contributed by atoms with Crippen molar-refractivity contribution in [3.05, 3.63) is 59.0 Å². The van der Waals surface area contributed by atoms with Crippen LogP contribution in [0.25, 0.3) is 11.0 Å². The van der Waals surface area contributed by atoms with Gasteiger partial charge in [-0.2, -0.15) is 4.98 Å². The van der Waals surface area contributed by atoms with Crippen molar-refractivity contribution >= 4 is 71.7 Å². The number of fused-ring (bicyclic) bond motifs is 1. The molecule has 1 aliphatic rings. The van der Waals surface area contributed by atoms with E-state index >= 15 is 0 Å². The molecule has 220 valence electrons. The number of hydrogen-bond donors (Lipinski definition) is 2. The molecule has 1 aliphatic heterocycles. The minimum Gasteiger partial charge on any atom is -0.495 e. The molecule has 0 radical (unpaired) electrons. The Bertz CT molecular complexity index is 1750.